The second-order valence-electron chi connectivity index (χ2n) is 8.36. The lowest BCUT2D eigenvalue weighted by Crippen LogP contribution is -2.45. The molecule has 1 amide bonds. The third-order valence-corrected chi connectivity index (χ3v) is 6.64. The van der Waals surface area contributed by atoms with Crippen LogP contribution < -0.4 is 4.72 Å². The van der Waals surface area contributed by atoms with E-state index in [0.29, 0.717) is 11.3 Å². The average molecular weight is 340 g/mol. The van der Waals surface area contributed by atoms with Crippen molar-refractivity contribution in [3.63, 3.8) is 0 Å². The van der Waals surface area contributed by atoms with Crippen LogP contribution in [-0.4, -0.2) is 11.5 Å². The van der Waals surface area contributed by atoms with Crippen molar-refractivity contribution in [1.29, 1.82) is 0 Å². The Morgan fingerprint density at radius 3 is 2.26 bits per heavy atom. The molecule has 4 heteroatoms. The number of hydrogen-bond donors (Lipinski definition) is 1. The summed E-state index contributed by atoms with van der Waals surface area (Å²) in [7, 11) is 0. The first-order valence-corrected chi connectivity index (χ1v) is 10.3. The maximum atomic E-state index is 13.0. The summed E-state index contributed by atoms with van der Waals surface area (Å²) in [6, 6.07) is 0. The van der Waals surface area contributed by atoms with E-state index in [1.807, 2.05) is 0 Å². The Morgan fingerprint density at radius 1 is 0.957 bits per heavy atom. The van der Waals surface area contributed by atoms with E-state index in [2.05, 4.69) is 18.6 Å². The number of rotatable bonds is 4. The molecule has 1 N–H and O–H groups in total. The molecule has 3 nitrogen and oxygen atoms in total. The number of amides is 1. The summed E-state index contributed by atoms with van der Waals surface area (Å²) >= 11 is 0.909. The van der Waals surface area contributed by atoms with Gasteiger partial charge in [0.1, 0.15) is 0 Å². The van der Waals surface area contributed by atoms with Gasteiger partial charge >= 0.3 is 0 Å². The van der Waals surface area contributed by atoms with Gasteiger partial charge in [-0.15, -0.1) is 0 Å². The van der Waals surface area contributed by atoms with Gasteiger partial charge in [0.05, 0.1) is 5.41 Å². The molecule has 0 bridgehead atoms. The van der Waals surface area contributed by atoms with Crippen molar-refractivity contribution in [2.24, 2.45) is 16.7 Å². The molecule has 0 heterocycles. The second-order valence-corrected chi connectivity index (χ2v) is 8.99. The molecular formula is C19H33NO2S. The van der Waals surface area contributed by atoms with Gasteiger partial charge in [-0.25, -0.2) is 0 Å². The molecule has 0 radical (unpaired) electrons. The molecule has 0 aliphatic heterocycles. The minimum absolute atomic E-state index is 0.126. The van der Waals surface area contributed by atoms with Crippen molar-refractivity contribution in [3.05, 3.63) is 0 Å². The molecule has 1 unspecified atom stereocenters. The molecule has 0 aromatic carbocycles. The van der Waals surface area contributed by atoms with Crippen LogP contribution >= 0.6 is 11.9 Å². The van der Waals surface area contributed by atoms with E-state index in [0.717, 1.165) is 43.2 Å². The summed E-state index contributed by atoms with van der Waals surface area (Å²) in [6.07, 6.45) is 14.1. The first-order valence-electron chi connectivity index (χ1n) is 9.40. The molecule has 0 aromatic heterocycles. The maximum Gasteiger partial charge on any atom is 0.236 e. The fraction of sp³-hybridized carbons (Fsp3) is 0.895. The van der Waals surface area contributed by atoms with E-state index in [1.54, 1.807) is 0 Å². The summed E-state index contributed by atoms with van der Waals surface area (Å²) in [6.45, 7) is 4.73. The number of carbonyl (C=O) groups is 2. The summed E-state index contributed by atoms with van der Waals surface area (Å²) in [5, 5.41) is 0. The predicted molar refractivity (Wildman–Crippen MR) is 97.6 cm³/mol. The van der Waals surface area contributed by atoms with Gasteiger partial charge in [-0.1, -0.05) is 52.4 Å². The zero-order valence-electron chi connectivity index (χ0n) is 14.9. The summed E-state index contributed by atoms with van der Waals surface area (Å²) in [4.78, 5) is 23.7. The van der Waals surface area contributed by atoms with Crippen LogP contribution in [0.3, 0.4) is 0 Å². The number of nitrogens with one attached hydrogen (secondary N) is 1. The van der Waals surface area contributed by atoms with Crippen LogP contribution in [0.2, 0.25) is 0 Å². The van der Waals surface area contributed by atoms with Crippen LogP contribution in [0.5, 0.6) is 0 Å². The van der Waals surface area contributed by atoms with E-state index in [-0.39, 0.29) is 11.3 Å². The molecule has 2 aliphatic rings. The van der Waals surface area contributed by atoms with Crippen LogP contribution in [0.4, 0.5) is 0 Å². The van der Waals surface area contributed by atoms with Crippen molar-refractivity contribution >= 4 is 23.5 Å². The fourth-order valence-corrected chi connectivity index (χ4v) is 5.19. The Kier molecular flexibility index (Phi) is 7.00. The van der Waals surface area contributed by atoms with E-state index >= 15 is 0 Å². The minimum atomic E-state index is -0.239. The van der Waals surface area contributed by atoms with Crippen LogP contribution in [0.1, 0.15) is 90.9 Å². The molecule has 2 aliphatic carbocycles. The topological polar surface area (TPSA) is 46.2 Å². The van der Waals surface area contributed by atoms with Gasteiger partial charge in [-0.05, 0) is 49.9 Å². The second kappa shape index (κ2) is 8.55. The van der Waals surface area contributed by atoms with Gasteiger partial charge < -0.3 is 0 Å². The summed E-state index contributed by atoms with van der Waals surface area (Å²) in [5.74, 6) is 0.630. The Morgan fingerprint density at radius 2 is 1.57 bits per heavy atom. The van der Waals surface area contributed by atoms with Crippen LogP contribution in [0.15, 0.2) is 0 Å². The highest BCUT2D eigenvalue weighted by Gasteiger charge is 2.45. The standard InChI is InChI=1S/C19H33NO2S/c1-18(2)11-6-7-13-19(14-8-12-18,17(22)20-23-15-21)16-9-4-3-5-10-16/h15-16H,3-14H2,1-2H3,(H,20,22). The van der Waals surface area contributed by atoms with Crippen LogP contribution in [0, 0.1) is 16.7 Å². The number of carbonyl (C=O) groups excluding carboxylic acids is 2. The van der Waals surface area contributed by atoms with E-state index < -0.39 is 0 Å². The highest BCUT2D eigenvalue weighted by molar-refractivity contribution is 8.10. The SMILES string of the molecule is CC1(C)CCCCC(C(=O)NSC=O)(C2CCCCC2)CCC1. The smallest absolute Gasteiger partial charge is 0.236 e. The third-order valence-electron chi connectivity index (χ3n) is 6.24. The molecule has 132 valence electrons. The molecule has 0 aromatic rings. The molecular weight excluding hydrogens is 306 g/mol. The van der Waals surface area contributed by atoms with E-state index in [4.69, 9.17) is 0 Å². The van der Waals surface area contributed by atoms with Crippen LogP contribution in [-0.2, 0) is 9.59 Å². The molecule has 2 rings (SSSR count). The third kappa shape index (κ3) is 4.98. The first kappa shape index (κ1) is 18.8. The molecule has 0 spiro atoms. The lowest BCUT2D eigenvalue weighted by molar-refractivity contribution is -0.134. The van der Waals surface area contributed by atoms with Gasteiger partial charge in [-0.2, -0.15) is 0 Å². The fourth-order valence-electron chi connectivity index (χ4n) is 4.83. The Labute approximate surface area is 145 Å². The monoisotopic (exact) mass is 339 g/mol. The Hall–Kier alpha value is -0.510. The molecule has 0 saturated heterocycles. The highest BCUT2D eigenvalue weighted by Crippen LogP contribution is 2.48. The van der Waals surface area contributed by atoms with Gasteiger partial charge in [0, 0.05) is 11.9 Å². The molecule has 2 fully saturated rings. The van der Waals surface area contributed by atoms with Crippen LogP contribution in [0.25, 0.3) is 0 Å². The molecule has 2 saturated carbocycles. The maximum absolute atomic E-state index is 13.0. The summed E-state index contributed by atoms with van der Waals surface area (Å²) < 4.78 is 2.84. The summed E-state index contributed by atoms with van der Waals surface area (Å²) in [5.41, 5.74) is 0.887. The van der Waals surface area contributed by atoms with Gasteiger partial charge in [-0.3, -0.25) is 14.3 Å². The zero-order valence-corrected chi connectivity index (χ0v) is 15.7. The van der Waals surface area contributed by atoms with Crippen molar-refractivity contribution in [3.8, 4) is 0 Å². The van der Waals surface area contributed by atoms with E-state index in [9.17, 15) is 9.59 Å². The van der Waals surface area contributed by atoms with Crippen molar-refractivity contribution in [1.82, 2.24) is 4.72 Å². The van der Waals surface area contributed by atoms with Gasteiger partial charge in [0.2, 0.25) is 5.91 Å². The highest BCUT2D eigenvalue weighted by atomic mass is 32.2. The van der Waals surface area contributed by atoms with Crippen molar-refractivity contribution in [2.45, 2.75) is 90.9 Å². The molecule has 1 atom stereocenters. The van der Waals surface area contributed by atoms with E-state index in [1.165, 1.54) is 51.4 Å². The van der Waals surface area contributed by atoms with Crippen molar-refractivity contribution < 1.29 is 9.59 Å². The quantitative estimate of drug-likeness (QED) is 0.560. The molecule has 23 heavy (non-hydrogen) atoms. The van der Waals surface area contributed by atoms with Gasteiger partial charge in [0.25, 0.3) is 0 Å². The number of hydrogen-bond acceptors (Lipinski definition) is 3. The minimum Gasteiger partial charge on any atom is -0.293 e. The Bertz CT molecular complexity index is 404. The average Bonchev–Trinajstić information content (AvgIpc) is 2.62. The lowest BCUT2D eigenvalue weighted by Gasteiger charge is -2.41. The lowest BCUT2D eigenvalue weighted by atomic mass is 9.63. The van der Waals surface area contributed by atoms with Gasteiger partial charge in [0.15, 0.2) is 5.62 Å². The normalized spacial score (nSPS) is 29.8. The first-order chi connectivity index (χ1) is 11.0. The predicted octanol–water partition coefficient (Wildman–Crippen LogP) is 5.28. The zero-order chi connectivity index (χ0) is 16.8. The Balaban J connectivity index is 2.19. The van der Waals surface area contributed by atoms with Crippen molar-refractivity contribution in [2.75, 3.05) is 0 Å². The largest absolute Gasteiger partial charge is 0.293 e.